The smallest absolute Gasteiger partial charge is 0.317 e. The van der Waals surface area contributed by atoms with Crippen molar-refractivity contribution < 1.29 is 9.53 Å². The van der Waals surface area contributed by atoms with Crippen molar-refractivity contribution in [3.05, 3.63) is 0 Å². The Morgan fingerprint density at radius 3 is 2.83 bits per heavy atom. The van der Waals surface area contributed by atoms with E-state index < -0.39 is 0 Å². The molecular weight excluding hydrogens is 228 g/mol. The summed E-state index contributed by atoms with van der Waals surface area (Å²) < 4.78 is 5.85. The Kier molecular flexibility index (Phi) is 2.38. The summed E-state index contributed by atoms with van der Waals surface area (Å²) in [4.78, 5) is 14.2. The maximum Gasteiger partial charge on any atom is 0.317 e. The highest BCUT2D eigenvalue weighted by molar-refractivity contribution is 5.75. The van der Waals surface area contributed by atoms with E-state index in [2.05, 4.69) is 5.32 Å². The number of carbonyl (C=O) groups excluding carboxylic acids is 1. The van der Waals surface area contributed by atoms with Gasteiger partial charge in [-0.25, -0.2) is 4.79 Å². The third-order valence-corrected chi connectivity index (χ3v) is 5.18. The van der Waals surface area contributed by atoms with E-state index in [9.17, 15) is 4.79 Å². The largest absolute Gasteiger partial charge is 0.371 e. The summed E-state index contributed by atoms with van der Waals surface area (Å²) in [6.07, 6.45) is 7.50. The molecule has 18 heavy (non-hydrogen) atoms. The van der Waals surface area contributed by atoms with Gasteiger partial charge in [0, 0.05) is 12.6 Å². The lowest BCUT2D eigenvalue weighted by molar-refractivity contribution is -0.141. The van der Waals surface area contributed by atoms with Crippen molar-refractivity contribution in [3.8, 4) is 0 Å². The number of urea groups is 1. The molecule has 100 valence electrons. The van der Waals surface area contributed by atoms with Crippen LogP contribution in [0.25, 0.3) is 0 Å². The van der Waals surface area contributed by atoms with Crippen LogP contribution < -0.4 is 5.32 Å². The quantitative estimate of drug-likeness (QED) is 0.811. The molecule has 1 N–H and O–H groups in total. The summed E-state index contributed by atoms with van der Waals surface area (Å²) in [6.45, 7) is 2.28. The van der Waals surface area contributed by atoms with Crippen molar-refractivity contribution in [3.63, 3.8) is 0 Å². The lowest BCUT2D eigenvalue weighted by Gasteiger charge is -2.48. The first-order chi connectivity index (χ1) is 8.76. The molecular formula is C14H22N2O2. The number of ether oxygens (including phenoxy) is 1. The Hall–Kier alpha value is -0.770. The Balaban J connectivity index is 1.31. The summed E-state index contributed by atoms with van der Waals surface area (Å²) >= 11 is 0. The fourth-order valence-corrected chi connectivity index (χ4v) is 3.57. The van der Waals surface area contributed by atoms with Gasteiger partial charge in [-0.05, 0) is 50.4 Å². The van der Waals surface area contributed by atoms with Crippen LogP contribution in [0.2, 0.25) is 0 Å². The second-order valence-electron chi connectivity index (χ2n) is 6.60. The summed E-state index contributed by atoms with van der Waals surface area (Å²) in [7, 11) is 0. The minimum Gasteiger partial charge on any atom is -0.371 e. The van der Waals surface area contributed by atoms with Gasteiger partial charge in [-0.15, -0.1) is 0 Å². The molecule has 4 fully saturated rings. The van der Waals surface area contributed by atoms with Crippen LogP contribution >= 0.6 is 0 Å². The summed E-state index contributed by atoms with van der Waals surface area (Å²) in [5.74, 6) is 1.73. The molecule has 1 saturated heterocycles. The highest BCUT2D eigenvalue weighted by Crippen LogP contribution is 2.50. The summed E-state index contributed by atoms with van der Waals surface area (Å²) in [5.41, 5.74) is 0.0229. The number of nitrogens with one attached hydrogen (secondary N) is 1. The van der Waals surface area contributed by atoms with Gasteiger partial charge in [0.15, 0.2) is 0 Å². The predicted octanol–water partition coefficient (Wildman–Crippen LogP) is 1.75. The van der Waals surface area contributed by atoms with Gasteiger partial charge in [0.2, 0.25) is 0 Å². The van der Waals surface area contributed by atoms with Crippen LogP contribution in [-0.2, 0) is 4.74 Å². The van der Waals surface area contributed by atoms with E-state index in [1.54, 1.807) is 0 Å². The number of nitrogens with zero attached hydrogens (tertiary/aromatic N) is 1. The van der Waals surface area contributed by atoms with Gasteiger partial charge >= 0.3 is 6.03 Å². The third-order valence-electron chi connectivity index (χ3n) is 5.18. The zero-order valence-corrected chi connectivity index (χ0v) is 10.9. The number of carbonyl (C=O) groups is 1. The van der Waals surface area contributed by atoms with Crippen molar-refractivity contribution in [2.75, 3.05) is 19.7 Å². The lowest BCUT2D eigenvalue weighted by atomic mass is 9.79. The van der Waals surface area contributed by atoms with Crippen LogP contribution in [0.15, 0.2) is 0 Å². The number of amides is 2. The first-order valence-electron chi connectivity index (χ1n) is 7.45. The Labute approximate surface area is 108 Å². The predicted molar refractivity (Wildman–Crippen MR) is 67.3 cm³/mol. The molecule has 1 spiro atoms. The van der Waals surface area contributed by atoms with Crippen molar-refractivity contribution in [2.45, 2.75) is 50.2 Å². The van der Waals surface area contributed by atoms with E-state index in [-0.39, 0.29) is 11.6 Å². The minimum absolute atomic E-state index is 0.0229. The standard InChI is InChI=1S/C14H22N2O2/c17-13(15-12-8-11(12)10-2-3-10)16-6-7-18-14(9-16)4-1-5-14/h10-12H,1-9H2,(H,15,17)/t11-,12+/m0/s1. The molecule has 1 heterocycles. The van der Waals surface area contributed by atoms with E-state index in [0.717, 1.165) is 37.8 Å². The Bertz CT molecular complexity index is 363. The molecule has 4 heteroatoms. The maximum absolute atomic E-state index is 12.2. The van der Waals surface area contributed by atoms with Crippen LogP contribution in [-0.4, -0.2) is 42.3 Å². The molecule has 3 saturated carbocycles. The maximum atomic E-state index is 12.2. The number of morpholine rings is 1. The van der Waals surface area contributed by atoms with Gasteiger partial charge in [0.05, 0.1) is 18.8 Å². The molecule has 0 radical (unpaired) electrons. The third kappa shape index (κ3) is 1.91. The number of hydrogen-bond acceptors (Lipinski definition) is 2. The highest BCUT2D eigenvalue weighted by Gasteiger charge is 2.49. The molecule has 0 aromatic heterocycles. The van der Waals surface area contributed by atoms with Crippen LogP contribution in [0, 0.1) is 11.8 Å². The topological polar surface area (TPSA) is 41.6 Å². The van der Waals surface area contributed by atoms with Crippen molar-refractivity contribution in [1.82, 2.24) is 10.2 Å². The zero-order valence-electron chi connectivity index (χ0n) is 10.9. The van der Waals surface area contributed by atoms with Gasteiger partial charge in [0.25, 0.3) is 0 Å². The monoisotopic (exact) mass is 250 g/mol. The first kappa shape index (κ1) is 11.1. The van der Waals surface area contributed by atoms with Crippen LogP contribution in [0.1, 0.15) is 38.5 Å². The normalized spacial score (nSPS) is 37.2. The Morgan fingerprint density at radius 2 is 2.17 bits per heavy atom. The molecule has 0 aromatic rings. The van der Waals surface area contributed by atoms with Crippen LogP contribution in [0.3, 0.4) is 0 Å². The van der Waals surface area contributed by atoms with Gasteiger partial charge in [-0.1, -0.05) is 0 Å². The molecule has 1 aliphatic heterocycles. The van der Waals surface area contributed by atoms with E-state index in [0.29, 0.717) is 12.6 Å². The molecule has 4 nitrogen and oxygen atoms in total. The minimum atomic E-state index is 0.0229. The molecule has 2 amide bonds. The highest BCUT2D eigenvalue weighted by atomic mass is 16.5. The van der Waals surface area contributed by atoms with E-state index >= 15 is 0 Å². The second-order valence-corrected chi connectivity index (χ2v) is 6.60. The molecule has 2 atom stereocenters. The fraction of sp³-hybridized carbons (Fsp3) is 0.929. The molecule has 4 rings (SSSR count). The Morgan fingerprint density at radius 1 is 1.33 bits per heavy atom. The van der Waals surface area contributed by atoms with E-state index in [4.69, 9.17) is 4.74 Å². The molecule has 0 bridgehead atoms. The average Bonchev–Trinajstić information content (AvgIpc) is 3.20. The molecule has 0 unspecified atom stereocenters. The van der Waals surface area contributed by atoms with E-state index in [1.165, 1.54) is 25.7 Å². The van der Waals surface area contributed by atoms with Crippen LogP contribution in [0.5, 0.6) is 0 Å². The average molecular weight is 250 g/mol. The number of hydrogen-bond donors (Lipinski definition) is 1. The SMILES string of the molecule is O=C(N[C@@H]1C[C@H]1C1CC1)N1CCOC2(CCC2)C1. The number of rotatable bonds is 2. The fourth-order valence-electron chi connectivity index (χ4n) is 3.57. The molecule has 0 aromatic carbocycles. The van der Waals surface area contributed by atoms with Crippen molar-refractivity contribution >= 4 is 6.03 Å². The lowest BCUT2D eigenvalue weighted by Crippen LogP contribution is -2.59. The van der Waals surface area contributed by atoms with Crippen molar-refractivity contribution in [1.29, 1.82) is 0 Å². The van der Waals surface area contributed by atoms with Gasteiger partial charge in [0.1, 0.15) is 0 Å². The zero-order chi connectivity index (χ0) is 12.2. The van der Waals surface area contributed by atoms with Gasteiger partial charge in [-0.2, -0.15) is 0 Å². The summed E-state index contributed by atoms with van der Waals surface area (Å²) in [5, 5.41) is 3.21. The van der Waals surface area contributed by atoms with Gasteiger partial charge in [-0.3, -0.25) is 0 Å². The van der Waals surface area contributed by atoms with Crippen molar-refractivity contribution in [2.24, 2.45) is 11.8 Å². The molecule has 3 aliphatic carbocycles. The van der Waals surface area contributed by atoms with Gasteiger partial charge < -0.3 is 15.0 Å². The van der Waals surface area contributed by atoms with E-state index in [1.807, 2.05) is 4.90 Å². The summed E-state index contributed by atoms with van der Waals surface area (Å²) in [6, 6.07) is 0.628. The van der Waals surface area contributed by atoms with Crippen LogP contribution in [0.4, 0.5) is 4.79 Å². The molecule has 4 aliphatic rings. The first-order valence-corrected chi connectivity index (χ1v) is 7.45. The second kappa shape index (κ2) is 3.86.